The number of hydrogen-bond donors (Lipinski definition) is 2. The number of carbonyl (C=O) groups is 2. The Labute approximate surface area is 168 Å². The van der Waals surface area contributed by atoms with E-state index in [4.69, 9.17) is 0 Å². The van der Waals surface area contributed by atoms with Crippen molar-refractivity contribution in [1.82, 2.24) is 15.5 Å². The van der Waals surface area contributed by atoms with E-state index < -0.39 is 11.8 Å². The average molecular weight is 384 g/mol. The fourth-order valence-electron chi connectivity index (χ4n) is 5.61. The van der Waals surface area contributed by atoms with Crippen LogP contribution in [0.4, 0.5) is 0 Å². The van der Waals surface area contributed by atoms with E-state index in [9.17, 15) is 9.59 Å². The quantitative estimate of drug-likeness (QED) is 0.769. The Balaban J connectivity index is 1.18. The Morgan fingerprint density at radius 2 is 1.79 bits per heavy atom. The van der Waals surface area contributed by atoms with Crippen molar-refractivity contribution in [2.45, 2.75) is 64.1 Å². The van der Waals surface area contributed by atoms with Crippen molar-refractivity contribution in [3.8, 4) is 0 Å². The van der Waals surface area contributed by atoms with E-state index in [-0.39, 0.29) is 12.1 Å². The van der Waals surface area contributed by atoms with Gasteiger partial charge in [-0.15, -0.1) is 0 Å². The van der Waals surface area contributed by atoms with Gasteiger partial charge in [0, 0.05) is 31.7 Å². The second-order valence-electron chi connectivity index (χ2n) is 9.11. The van der Waals surface area contributed by atoms with Gasteiger partial charge in [-0.25, -0.2) is 0 Å². The molecule has 0 spiro atoms. The van der Waals surface area contributed by atoms with E-state index in [0.717, 1.165) is 44.3 Å². The first kappa shape index (κ1) is 19.4. The van der Waals surface area contributed by atoms with Crippen molar-refractivity contribution in [3.63, 3.8) is 0 Å². The third kappa shape index (κ3) is 4.57. The molecule has 5 heteroatoms. The van der Waals surface area contributed by atoms with Crippen LogP contribution in [0.25, 0.3) is 0 Å². The summed E-state index contributed by atoms with van der Waals surface area (Å²) in [6.07, 6.45) is 6.97. The maximum atomic E-state index is 12.4. The molecule has 2 N–H and O–H groups in total. The molecule has 2 aliphatic carbocycles. The number of likely N-dealkylation sites (tertiary alicyclic amines) is 1. The van der Waals surface area contributed by atoms with Crippen molar-refractivity contribution in [3.05, 3.63) is 35.9 Å². The van der Waals surface area contributed by atoms with Gasteiger partial charge in [0.1, 0.15) is 0 Å². The van der Waals surface area contributed by atoms with Gasteiger partial charge in [-0.3, -0.25) is 14.5 Å². The lowest BCUT2D eigenvalue weighted by atomic mass is 9.84. The molecule has 4 unspecified atom stereocenters. The van der Waals surface area contributed by atoms with Crippen LogP contribution in [-0.2, 0) is 16.1 Å². The molecule has 3 fully saturated rings. The molecule has 1 saturated heterocycles. The molecule has 2 saturated carbocycles. The largest absolute Gasteiger partial charge is 0.345 e. The first-order valence-corrected chi connectivity index (χ1v) is 11.0. The molecule has 28 heavy (non-hydrogen) atoms. The SMILES string of the molecule is CC(NC(=O)C(=O)NC1CCN(Cc2ccccc2)CC1)C1CC2CCC1C2. The highest BCUT2D eigenvalue weighted by molar-refractivity contribution is 6.35. The summed E-state index contributed by atoms with van der Waals surface area (Å²) >= 11 is 0. The van der Waals surface area contributed by atoms with Gasteiger partial charge in [0.15, 0.2) is 0 Å². The van der Waals surface area contributed by atoms with E-state index in [1.165, 1.54) is 31.2 Å². The van der Waals surface area contributed by atoms with Crippen molar-refractivity contribution in [2.24, 2.45) is 17.8 Å². The summed E-state index contributed by atoms with van der Waals surface area (Å²) in [5, 5.41) is 5.93. The van der Waals surface area contributed by atoms with Gasteiger partial charge in [-0.1, -0.05) is 36.8 Å². The summed E-state index contributed by atoms with van der Waals surface area (Å²) < 4.78 is 0. The van der Waals surface area contributed by atoms with Crippen molar-refractivity contribution in [1.29, 1.82) is 0 Å². The average Bonchev–Trinajstić information content (AvgIpc) is 3.34. The summed E-state index contributed by atoms with van der Waals surface area (Å²) in [4.78, 5) is 27.1. The third-order valence-electron chi connectivity index (χ3n) is 7.17. The van der Waals surface area contributed by atoms with Crippen LogP contribution in [0.5, 0.6) is 0 Å². The molecule has 1 aromatic rings. The molecule has 4 atom stereocenters. The molecule has 0 aromatic heterocycles. The number of nitrogens with one attached hydrogen (secondary N) is 2. The van der Waals surface area contributed by atoms with E-state index in [1.807, 2.05) is 6.07 Å². The third-order valence-corrected chi connectivity index (χ3v) is 7.17. The zero-order valence-corrected chi connectivity index (χ0v) is 16.9. The molecule has 1 aromatic carbocycles. The van der Waals surface area contributed by atoms with Crippen LogP contribution in [0.3, 0.4) is 0 Å². The second-order valence-corrected chi connectivity index (χ2v) is 9.11. The molecule has 1 aliphatic heterocycles. The molecule has 0 radical (unpaired) electrons. The Bertz CT molecular complexity index is 684. The molecule has 1 heterocycles. The fourth-order valence-corrected chi connectivity index (χ4v) is 5.61. The minimum Gasteiger partial charge on any atom is -0.345 e. The van der Waals surface area contributed by atoms with Gasteiger partial charge in [-0.05, 0) is 62.3 Å². The Hall–Kier alpha value is -1.88. The maximum Gasteiger partial charge on any atom is 0.309 e. The van der Waals surface area contributed by atoms with Gasteiger partial charge >= 0.3 is 11.8 Å². The Kier molecular flexibility index (Phi) is 6.00. The number of fused-ring (bicyclic) bond motifs is 2. The predicted octanol–water partition coefficient (Wildman–Crippen LogP) is 2.71. The van der Waals surface area contributed by atoms with Crippen molar-refractivity contribution in [2.75, 3.05) is 13.1 Å². The lowest BCUT2D eigenvalue weighted by molar-refractivity contribution is -0.140. The number of rotatable bonds is 5. The fraction of sp³-hybridized carbons (Fsp3) is 0.652. The zero-order chi connectivity index (χ0) is 19.5. The number of amides is 2. The lowest BCUT2D eigenvalue weighted by Gasteiger charge is -2.32. The predicted molar refractivity (Wildman–Crippen MR) is 109 cm³/mol. The first-order chi connectivity index (χ1) is 13.6. The summed E-state index contributed by atoms with van der Waals surface area (Å²) in [5.74, 6) is 1.23. The van der Waals surface area contributed by atoms with Crippen LogP contribution < -0.4 is 10.6 Å². The Morgan fingerprint density at radius 1 is 1.04 bits per heavy atom. The monoisotopic (exact) mass is 383 g/mol. The molecule has 2 bridgehead atoms. The molecular weight excluding hydrogens is 350 g/mol. The van der Waals surface area contributed by atoms with Gasteiger partial charge in [0.05, 0.1) is 0 Å². The topological polar surface area (TPSA) is 61.4 Å². The van der Waals surface area contributed by atoms with E-state index >= 15 is 0 Å². The van der Waals surface area contributed by atoms with Crippen molar-refractivity contribution < 1.29 is 9.59 Å². The summed E-state index contributed by atoms with van der Waals surface area (Å²) in [7, 11) is 0. The van der Waals surface area contributed by atoms with Gasteiger partial charge in [-0.2, -0.15) is 0 Å². The Morgan fingerprint density at radius 3 is 2.43 bits per heavy atom. The number of nitrogens with zero attached hydrogens (tertiary/aromatic N) is 1. The summed E-state index contributed by atoms with van der Waals surface area (Å²) in [6, 6.07) is 10.7. The highest BCUT2D eigenvalue weighted by Gasteiger charge is 2.42. The zero-order valence-electron chi connectivity index (χ0n) is 16.9. The summed E-state index contributed by atoms with van der Waals surface area (Å²) in [6.45, 7) is 4.91. The number of piperidine rings is 1. The van der Waals surface area contributed by atoms with Crippen LogP contribution in [0.15, 0.2) is 30.3 Å². The normalized spacial score (nSPS) is 28.8. The van der Waals surface area contributed by atoms with E-state index in [1.54, 1.807) is 0 Å². The number of benzene rings is 1. The minimum atomic E-state index is -0.462. The van der Waals surface area contributed by atoms with Gasteiger partial charge < -0.3 is 10.6 Å². The minimum absolute atomic E-state index is 0.0984. The molecule has 4 rings (SSSR count). The van der Waals surface area contributed by atoms with Crippen LogP contribution >= 0.6 is 0 Å². The first-order valence-electron chi connectivity index (χ1n) is 11.0. The molecule has 5 nitrogen and oxygen atoms in total. The smallest absolute Gasteiger partial charge is 0.309 e. The molecule has 3 aliphatic rings. The second kappa shape index (κ2) is 8.64. The van der Waals surface area contributed by atoms with Crippen LogP contribution in [0, 0.1) is 17.8 Å². The van der Waals surface area contributed by atoms with Gasteiger partial charge in [0.2, 0.25) is 0 Å². The number of carbonyl (C=O) groups excluding carboxylic acids is 2. The van der Waals surface area contributed by atoms with Crippen molar-refractivity contribution >= 4 is 11.8 Å². The highest BCUT2D eigenvalue weighted by atomic mass is 16.2. The van der Waals surface area contributed by atoms with Crippen LogP contribution in [-0.4, -0.2) is 41.9 Å². The summed E-state index contributed by atoms with van der Waals surface area (Å²) in [5.41, 5.74) is 1.32. The lowest BCUT2D eigenvalue weighted by Crippen LogP contribution is -2.51. The van der Waals surface area contributed by atoms with E-state index in [0.29, 0.717) is 5.92 Å². The molecule has 2 amide bonds. The maximum absolute atomic E-state index is 12.4. The highest BCUT2D eigenvalue weighted by Crippen LogP contribution is 2.49. The molecular formula is C23H33N3O2. The van der Waals surface area contributed by atoms with Gasteiger partial charge in [0.25, 0.3) is 0 Å². The standard InChI is InChI=1S/C23H33N3O2/c1-16(21-14-18-7-8-19(21)13-18)24-22(27)23(28)25-20-9-11-26(12-10-20)15-17-5-3-2-4-6-17/h2-6,16,18-21H,7-15H2,1H3,(H,24,27)(H,25,28). The molecule has 152 valence electrons. The van der Waals surface area contributed by atoms with Crippen LogP contribution in [0.1, 0.15) is 51.0 Å². The van der Waals surface area contributed by atoms with Crippen LogP contribution in [0.2, 0.25) is 0 Å². The van der Waals surface area contributed by atoms with E-state index in [2.05, 4.69) is 46.7 Å². The number of hydrogen-bond acceptors (Lipinski definition) is 3.